The zero-order chi connectivity index (χ0) is 18.0. The van der Waals surface area contributed by atoms with E-state index in [1.54, 1.807) is 24.5 Å². The van der Waals surface area contributed by atoms with Crippen molar-refractivity contribution in [2.45, 2.75) is 25.4 Å². The number of aromatic nitrogens is 3. The van der Waals surface area contributed by atoms with Gasteiger partial charge in [0.2, 0.25) is 0 Å². The number of morpholine rings is 1. The molecule has 136 valence electrons. The Hall–Kier alpha value is -2.54. The lowest BCUT2D eigenvalue weighted by Gasteiger charge is -2.48. The van der Waals surface area contributed by atoms with Gasteiger partial charge in [0, 0.05) is 31.0 Å². The van der Waals surface area contributed by atoms with Gasteiger partial charge in [0.15, 0.2) is 5.82 Å². The molecule has 2 fully saturated rings. The molecule has 2 aliphatic heterocycles. The molecular formula is C19H23N5O2. The molecule has 7 nitrogen and oxygen atoms in total. The standard InChI is InChI=1S/C19H23N5O2/c1-15-3-4-17(22-21-15)23-10-2-7-19(13-23)14-24(11-12-26-19)18(25)16-5-8-20-9-6-16/h3-6,8-9H,2,7,10-14H2,1H3. The highest BCUT2D eigenvalue weighted by molar-refractivity contribution is 5.94. The first-order valence-corrected chi connectivity index (χ1v) is 9.04. The molecule has 0 N–H and O–H groups in total. The topological polar surface area (TPSA) is 71.5 Å². The smallest absolute Gasteiger partial charge is 0.254 e. The van der Waals surface area contributed by atoms with E-state index in [0.717, 1.165) is 37.4 Å². The van der Waals surface area contributed by atoms with Crippen molar-refractivity contribution >= 4 is 11.7 Å². The molecule has 7 heteroatoms. The maximum atomic E-state index is 12.8. The summed E-state index contributed by atoms with van der Waals surface area (Å²) < 4.78 is 6.20. The van der Waals surface area contributed by atoms with Crippen LogP contribution in [-0.4, -0.2) is 64.4 Å². The molecule has 2 aromatic rings. The van der Waals surface area contributed by atoms with Gasteiger partial charge in [0.1, 0.15) is 5.60 Å². The van der Waals surface area contributed by atoms with Gasteiger partial charge >= 0.3 is 0 Å². The van der Waals surface area contributed by atoms with Crippen molar-refractivity contribution in [3.05, 3.63) is 47.9 Å². The van der Waals surface area contributed by atoms with Crippen LogP contribution in [0.1, 0.15) is 28.9 Å². The number of carbonyl (C=O) groups excluding carboxylic acids is 1. The second-order valence-electron chi connectivity index (χ2n) is 7.05. The number of rotatable bonds is 2. The summed E-state index contributed by atoms with van der Waals surface area (Å²) in [5, 5.41) is 8.48. The summed E-state index contributed by atoms with van der Waals surface area (Å²) in [7, 11) is 0. The molecule has 2 aliphatic rings. The first kappa shape index (κ1) is 16.9. The Morgan fingerprint density at radius 3 is 2.73 bits per heavy atom. The first-order valence-electron chi connectivity index (χ1n) is 9.04. The van der Waals surface area contributed by atoms with Gasteiger partial charge < -0.3 is 14.5 Å². The first-order chi connectivity index (χ1) is 12.7. The van der Waals surface area contributed by atoms with Crippen molar-refractivity contribution in [3.63, 3.8) is 0 Å². The fourth-order valence-electron chi connectivity index (χ4n) is 3.80. The van der Waals surface area contributed by atoms with Gasteiger partial charge in [-0.2, -0.15) is 5.10 Å². The third kappa shape index (κ3) is 3.39. The Morgan fingerprint density at radius 2 is 1.96 bits per heavy atom. The largest absolute Gasteiger partial charge is 0.369 e. The van der Waals surface area contributed by atoms with E-state index >= 15 is 0 Å². The van der Waals surface area contributed by atoms with Gasteiger partial charge in [0.25, 0.3) is 5.91 Å². The molecule has 2 saturated heterocycles. The maximum Gasteiger partial charge on any atom is 0.254 e. The van der Waals surface area contributed by atoms with E-state index in [4.69, 9.17) is 4.74 Å². The van der Waals surface area contributed by atoms with Crippen molar-refractivity contribution in [2.75, 3.05) is 37.7 Å². The van der Waals surface area contributed by atoms with E-state index in [1.807, 2.05) is 24.0 Å². The number of piperidine rings is 1. The number of pyridine rings is 1. The second kappa shape index (κ2) is 6.99. The number of anilines is 1. The fourth-order valence-corrected chi connectivity index (χ4v) is 3.80. The van der Waals surface area contributed by atoms with E-state index in [-0.39, 0.29) is 11.5 Å². The lowest BCUT2D eigenvalue weighted by Crippen LogP contribution is -2.61. The number of hydrogen-bond acceptors (Lipinski definition) is 6. The van der Waals surface area contributed by atoms with Gasteiger partial charge in [-0.1, -0.05) is 0 Å². The number of hydrogen-bond donors (Lipinski definition) is 0. The van der Waals surface area contributed by atoms with Gasteiger partial charge in [-0.25, -0.2) is 0 Å². The van der Waals surface area contributed by atoms with Gasteiger partial charge in [-0.3, -0.25) is 9.78 Å². The molecule has 0 aliphatic carbocycles. The van der Waals surface area contributed by atoms with Crippen molar-refractivity contribution in [2.24, 2.45) is 0 Å². The minimum absolute atomic E-state index is 0.0438. The average molecular weight is 353 g/mol. The highest BCUT2D eigenvalue weighted by atomic mass is 16.5. The number of nitrogens with zero attached hydrogens (tertiary/aromatic N) is 5. The van der Waals surface area contributed by atoms with Crippen LogP contribution >= 0.6 is 0 Å². The monoisotopic (exact) mass is 353 g/mol. The summed E-state index contributed by atoms with van der Waals surface area (Å²) in [6.07, 6.45) is 5.26. The molecule has 4 rings (SSSR count). The van der Waals surface area contributed by atoms with Crippen LogP contribution in [0, 0.1) is 6.92 Å². The molecule has 0 saturated carbocycles. The van der Waals surface area contributed by atoms with E-state index in [2.05, 4.69) is 20.1 Å². The SMILES string of the molecule is Cc1ccc(N2CCCC3(CN(C(=O)c4ccncc4)CCO3)C2)nn1. The van der Waals surface area contributed by atoms with Crippen molar-refractivity contribution in [1.82, 2.24) is 20.1 Å². The predicted octanol–water partition coefficient (Wildman–Crippen LogP) is 1.69. The molecular weight excluding hydrogens is 330 g/mol. The van der Waals surface area contributed by atoms with Gasteiger partial charge in [-0.05, 0) is 44.0 Å². The van der Waals surface area contributed by atoms with Crippen LogP contribution in [0.2, 0.25) is 0 Å². The number of amides is 1. The Labute approximate surface area is 153 Å². The molecule has 1 spiro atoms. The van der Waals surface area contributed by atoms with Crippen LogP contribution in [0.3, 0.4) is 0 Å². The number of aryl methyl sites for hydroxylation is 1. The Bertz CT molecular complexity index is 763. The zero-order valence-electron chi connectivity index (χ0n) is 15.0. The Kier molecular flexibility index (Phi) is 4.55. The molecule has 0 aromatic carbocycles. The molecule has 26 heavy (non-hydrogen) atoms. The van der Waals surface area contributed by atoms with Crippen LogP contribution < -0.4 is 4.90 Å². The van der Waals surface area contributed by atoms with Crippen molar-refractivity contribution in [1.29, 1.82) is 0 Å². The Balaban J connectivity index is 1.50. The predicted molar refractivity (Wildman–Crippen MR) is 97.0 cm³/mol. The van der Waals surface area contributed by atoms with E-state index in [1.165, 1.54) is 0 Å². The third-order valence-corrected chi connectivity index (χ3v) is 5.11. The quantitative estimate of drug-likeness (QED) is 0.818. The Morgan fingerprint density at radius 1 is 1.12 bits per heavy atom. The van der Waals surface area contributed by atoms with Crippen LogP contribution in [0.15, 0.2) is 36.7 Å². The normalized spacial score (nSPS) is 23.3. The lowest BCUT2D eigenvalue weighted by atomic mass is 9.90. The van der Waals surface area contributed by atoms with Crippen LogP contribution in [0.5, 0.6) is 0 Å². The summed E-state index contributed by atoms with van der Waals surface area (Å²) in [5.74, 6) is 0.915. The minimum atomic E-state index is -0.342. The average Bonchev–Trinajstić information content (AvgIpc) is 2.69. The molecule has 0 bridgehead atoms. The van der Waals surface area contributed by atoms with E-state index in [0.29, 0.717) is 25.3 Å². The van der Waals surface area contributed by atoms with Gasteiger partial charge in [-0.15, -0.1) is 5.10 Å². The highest BCUT2D eigenvalue weighted by Crippen LogP contribution is 2.31. The molecule has 2 aromatic heterocycles. The minimum Gasteiger partial charge on any atom is -0.369 e. The summed E-state index contributed by atoms with van der Waals surface area (Å²) in [5.41, 5.74) is 1.24. The van der Waals surface area contributed by atoms with Crippen LogP contribution in [-0.2, 0) is 4.74 Å². The maximum absolute atomic E-state index is 12.8. The molecule has 1 amide bonds. The summed E-state index contributed by atoms with van der Waals surface area (Å²) >= 11 is 0. The molecule has 0 radical (unpaired) electrons. The summed E-state index contributed by atoms with van der Waals surface area (Å²) in [6, 6.07) is 7.51. The summed E-state index contributed by atoms with van der Waals surface area (Å²) in [6.45, 7) is 5.37. The highest BCUT2D eigenvalue weighted by Gasteiger charge is 2.42. The number of ether oxygens (including phenoxy) is 1. The van der Waals surface area contributed by atoms with E-state index in [9.17, 15) is 4.79 Å². The van der Waals surface area contributed by atoms with E-state index < -0.39 is 0 Å². The fraction of sp³-hybridized carbons (Fsp3) is 0.474. The number of carbonyl (C=O) groups is 1. The van der Waals surface area contributed by atoms with Crippen molar-refractivity contribution < 1.29 is 9.53 Å². The zero-order valence-corrected chi connectivity index (χ0v) is 15.0. The summed E-state index contributed by atoms with van der Waals surface area (Å²) in [4.78, 5) is 20.9. The molecule has 4 heterocycles. The van der Waals surface area contributed by atoms with Crippen LogP contribution in [0.4, 0.5) is 5.82 Å². The lowest BCUT2D eigenvalue weighted by molar-refractivity contribution is -0.105. The molecule has 1 unspecified atom stereocenters. The molecule has 1 atom stereocenters. The second-order valence-corrected chi connectivity index (χ2v) is 7.05. The van der Waals surface area contributed by atoms with Crippen LogP contribution in [0.25, 0.3) is 0 Å². The van der Waals surface area contributed by atoms with Gasteiger partial charge in [0.05, 0.1) is 25.4 Å². The third-order valence-electron chi connectivity index (χ3n) is 5.11. The van der Waals surface area contributed by atoms with Crippen molar-refractivity contribution in [3.8, 4) is 0 Å².